The third-order valence-corrected chi connectivity index (χ3v) is 2.59. The van der Waals surface area contributed by atoms with Gasteiger partial charge in [0.25, 0.3) is 0 Å². The van der Waals surface area contributed by atoms with Crippen LogP contribution >= 0.6 is 0 Å². The van der Waals surface area contributed by atoms with Crippen LogP contribution in [0.15, 0.2) is 30.7 Å². The summed E-state index contributed by atoms with van der Waals surface area (Å²) in [6.45, 7) is 0. The number of hydrogen-bond donors (Lipinski definition) is 2. The average Bonchev–Trinajstić information content (AvgIpc) is 2.78. The van der Waals surface area contributed by atoms with E-state index in [2.05, 4.69) is 15.4 Å². The van der Waals surface area contributed by atoms with Crippen LogP contribution in [0.4, 0.5) is 0 Å². The van der Waals surface area contributed by atoms with Crippen LogP contribution < -0.4 is 16.0 Å². The lowest BCUT2D eigenvalue weighted by Gasteiger charge is -2.17. The minimum absolute atomic E-state index is 0.251. The molecule has 0 aromatic carbocycles. The van der Waals surface area contributed by atoms with E-state index in [1.807, 2.05) is 29.9 Å². The van der Waals surface area contributed by atoms with E-state index in [0.29, 0.717) is 5.88 Å². The summed E-state index contributed by atoms with van der Waals surface area (Å²) in [6, 6.07) is 3.49. The van der Waals surface area contributed by atoms with Crippen LogP contribution in [0.5, 0.6) is 5.88 Å². The van der Waals surface area contributed by atoms with Crippen LogP contribution in [0.25, 0.3) is 0 Å². The number of pyridine rings is 1. The Morgan fingerprint density at radius 1 is 1.41 bits per heavy atom. The maximum absolute atomic E-state index is 5.60. The summed E-state index contributed by atoms with van der Waals surface area (Å²) in [7, 11) is 3.49. The molecule has 0 radical (unpaired) electrons. The summed E-state index contributed by atoms with van der Waals surface area (Å²) in [5, 5.41) is 0. The van der Waals surface area contributed by atoms with Gasteiger partial charge in [0.15, 0.2) is 0 Å². The molecule has 3 N–H and O–H groups in total. The van der Waals surface area contributed by atoms with Crippen molar-refractivity contribution in [2.24, 2.45) is 12.9 Å². The number of ether oxygens (including phenoxy) is 1. The molecule has 2 aromatic heterocycles. The summed E-state index contributed by atoms with van der Waals surface area (Å²) in [5.41, 5.74) is 3.59. The first-order valence-electron chi connectivity index (χ1n) is 5.20. The number of rotatable bonds is 4. The monoisotopic (exact) mass is 233 g/mol. The molecule has 6 heteroatoms. The summed E-state index contributed by atoms with van der Waals surface area (Å²) in [4.78, 5) is 8.43. The Morgan fingerprint density at radius 2 is 2.24 bits per heavy atom. The van der Waals surface area contributed by atoms with Crippen LogP contribution in [-0.4, -0.2) is 21.6 Å². The summed E-state index contributed by atoms with van der Waals surface area (Å²) >= 11 is 0. The van der Waals surface area contributed by atoms with Crippen LogP contribution in [0, 0.1) is 0 Å². The summed E-state index contributed by atoms with van der Waals surface area (Å²) in [5.74, 6) is 6.95. The first kappa shape index (κ1) is 11.6. The lowest BCUT2D eigenvalue weighted by molar-refractivity contribution is 0.385. The molecule has 90 valence electrons. The molecule has 1 atom stereocenters. The quantitative estimate of drug-likeness (QED) is 0.589. The Labute approximate surface area is 99.4 Å². The molecule has 2 heterocycles. The molecule has 0 bridgehead atoms. The van der Waals surface area contributed by atoms with Crippen LogP contribution in [0.2, 0.25) is 0 Å². The highest BCUT2D eigenvalue weighted by Crippen LogP contribution is 2.26. The van der Waals surface area contributed by atoms with E-state index in [-0.39, 0.29) is 6.04 Å². The third kappa shape index (κ3) is 2.13. The van der Waals surface area contributed by atoms with Crippen molar-refractivity contribution in [3.8, 4) is 5.88 Å². The minimum Gasteiger partial charge on any atom is -0.481 e. The third-order valence-electron chi connectivity index (χ3n) is 2.59. The van der Waals surface area contributed by atoms with Gasteiger partial charge in [-0.1, -0.05) is 0 Å². The van der Waals surface area contributed by atoms with E-state index in [0.717, 1.165) is 11.4 Å². The molecular weight excluding hydrogens is 218 g/mol. The van der Waals surface area contributed by atoms with Gasteiger partial charge in [0.1, 0.15) is 11.9 Å². The van der Waals surface area contributed by atoms with Crippen LogP contribution in [-0.2, 0) is 7.05 Å². The molecule has 0 aliphatic carbocycles. The summed E-state index contributed by atoms with van der Waals surface area (Å²) in [6.07, 6.45) is 5.26. The van der Waals surface area contributed by atoms with Gasteiger partial charge in [-0.3, -0.25) is 5.84 Å². The lowest BCUT2D eigenvalue weighted by atomic mass is 10.1. The van der Waals surface area contributed by atoms with Gasteiger partial charge in [-0.05, 0) is 12.1 Å². The van der Waals surface area contributed by atoms with Gasteiger partial charge in [-0.25, -0.2) is 15.4 Å². The van der Waals surface area contributed by atoms with Crippen molar-refractivity contribution in [3.63, 3.8) is 0 Å². The van der Waals surface area contributed by atoms with E-state index in [1.54, 1.807) is 19.5 Å². The average molecular weight is 233 g/mol. The fourth-order valence-electron chi connectivity index (χ4n) is 1.75. The normalized spacial score (nSPS) is 12.4. The Balaban J connectivity index is 2.46. The Hall–Kier alpha value is -1.92. The SMILES string of the molecule is COc1ncccc1C(NN)c1nccn1C. The maximum Gasteiger partial charge on any atom is 0.218 e. The topological polar surface area (TPSA) is 78.0 Å². The van der Waals surface area contributed by atoms with Gasteiger partial charge in [0, 0.05) is 31.2 Å². The highest BCUT2D eigenvalue weighted by atomic mass is 16.5. The highest BCUT2D eigenvalue weighted by Gasteiger charge is 2.20. The van der Waals surface area contributed by atoms with Crippen molar-refractivity contribution >= 4 is 0 Å². The van der Waals surface area contributed by atoms with E-state index < -0.39 is 0 Å². The maximum atomic E-state index is 5.60. The molecule has 0 spiro atoms. The molecule has 0 aliphatic heterocycles. The van der Waals surface area contributed by atoms with Gasteiger partial charge in [0.05, 0.1) is 7.11 Å². The zero-order valence-corrected chi connectivity index (χ0v) is 9.79. The van der Waals surface area contributed by atoms with Crippen molar-refractivity contribution < 1.29 is 4.74 Å². The largest absolute Gasteiger partial charge is 0.481 e. The second kappa shape index (κ2) is 4.94. The molecule has 0 saturated heterocycles. The van der Waals surface area contributed by atoms with Crippen molar-refractivity contribution in [1.29, 1.82) is 0 Å². The number of aryl methyl sites for hydroxylation is 1. The first-order valence-corrected chi connectivity index (χ1v) is 5.20. The summed E-state index contributed by atoms with van der Waals surface area (Å²) < 4.78 is 7.12. The fourth-order valence-corrected chi connectivity index (χ4v) is 1.75. The molecule has 2 rings (SSSR count). The number of hydrazine groups is 1. The second-order valence-electron chi connectivity index (χ2n) is 3.60. The zero-order valence-electron chi connectivity index (χ0n) is 9.79. The molecule has 0 aliphatic rings. The number of nitrogens with one attached hydrogen (secondary N) is 1. The highest BCUT2D eigenvalue weighted by molar-refractivity contribution is 5.33. The molecule has 2 aromatic rings. The molecule has 17 heavy (non-hydrogen) atoms. The lowest BCUT2D eigenvalue weighted by Crippen LogP contribution is -2.31. The van der Waals surface area contributed by atoms with Gasteiger partial charge in [-0.2, -0.15) is 0 Å². The van der Waals surface area contributed by atoms with Gasteiger partial charge in [-0.15, -0.1) is 0 Å². The van der Waals surface area contributed by atoms with Gasteiger partial charge in [0.2, 0.25) is 5.88 Å². The van der Waals surface area contributed by atoms with Gasteiger partial charge >= 0.3 is 0 Å². The minimum atomic E-state index is -0.251. The molecule has 6 nitrogen and oxygen atoms in total. The predicted octanol–water partition coefficient (Wildman–Crippen LogP) is 0.376. The molecule has 0 amide bonds. The molecular formula is C11H15N5O. The number of methoxy groups -OCH3 is 1. The number of nitrogens with two attached hydrogens (primary N) is 1. The molecule has 0 saturated carbocycles. The number of aromatic nitrogens is 3. The fraction of sp³-hybridized carbons (Fsp3) is 0.273. The van der Waals surface area contributed by atoms with Crippen LogP contribution in [0.1, 0.15) is 17.4 Å². The van der Waals surface area contributed by atoms with Crippen molar-refractivity contribution in [1.82, 2.24) is 20.0 Å². The zero-order chi connectivity index (χ0) is 12.3. The second-order valence-corrected chi connectivity index (χ2v) is 3.60. The van der Waals surface area contributed by atoms with E-state index in [9.17, 15) is 0 Å². The number of nitrogens with zero attached hydrogens (tertiary/aromatic N) is 3. The van der Waals surface area contributed by atoms with E-state index >= 15 is 0 Å². The number of imidazole rings is 1. The number of hydrogen-bond acceptors (Lipinski definition) is 5. The standard InChI is InChI=1S/C11H15N5O/c1-16-7-6-13-10(16)9(15-12)8-4-3-5-14-11(8)17-2/h3-7,9,15H,12H2,1-2H3. The molecule has 1 unspecified atom stereocenters. The first-order chi connectivity index (χ1) is 8.27. The Kier molecular flexibility index (Phi) is 3.36. The van der Waals surface area contributed by atoms with E-state index in [4.69, 9.17) is 10.6 Å². The van der Waals surface area contributed by atoms with Gasteiger partial charge < -0.3 is 9.30 Å². The van der Waals surface area contributed by atoms with Crippen molar-refractivity contribution in [2.75, 3.05) is 7.11 Å². The predicted molar refractivity (Wildman–Crippen MR) is 63.2 cm³/mol. The smallest absolute Gasteiger partial charge is 0.218 e. The Morgan fingerprint density at radius 3 is 2.82 bits per heavy atom. The Bertz CT molecular complexity index is 496. The van der Waals surface area contributed by atoms with E-state index in [1.165, 1.54) is 0 Å². The molecule has 0 fully saturated rings. The van der Waals surface area contributed by atoms with Crippen molar-refractivity contribution in [3.05, 3.63) is 42.1 Å². The van der Waals surface area contributed by atoms with Crippen molar-refractivity contribution in [2.45, 2.75) is 6.04 Å². The van der Waals surface area contributed by atoms with Crippen LogP contribution in [0.3, 0.4) is 0 Å².